The molecule has 0 bridgehead atoms. The quantitative estimate of drug-likeness (QED) is 0.607. The molecule has 0 radical (unpaired) electrons. The fraction of sp³-hybridized carbons (Fsp3) is 0.545. The van der Waals surface area contributed by atoms with E-state index in [4.69, 9.17) is 4.98 Å². The zero-order chi connectivity index (χ0) is 23.1. The fourth-order valence-corrected chi connectivity index (χ4v) is 4.82. The molecule has 2 N–H and O–H groups in total. The minimum Gasteiger partial charge on any atom is -0.504 e. The van der Waals surface area contributed by atoms with Gasteiger partial charge in [0, 0.05) is 32.1 Å². The van der Waals surface area contributed by atoms with E-state index in [0.29, 0.717) is 61.4 Å². The first kappa shape index (κ1) is 21.4. The lowest BCUT2D eigenvalue weighted by Gasteiger charge is -2.36. The average Bonchev–Trinajstić information content (AvgIpc) is 3.50. The molecule has 174 valence electrons. The minimum absolute atomic E-state index is 0.00487. The number of hydrogen-bond donors (Lipinski definition) is 2. The lowest BCUT2D eigenvalue weighted by molar-refractivity contribution is 0.0737. The van der Waals surface area contributed by atoms with Crippen molar-refractivity contribution in [3.05, 3.63) is 39.6 Å². The Bertz CT molecular complexity index is 1250. The second-order valence-electron chi connectivity index (χ2n) is 8.73. The minimum atomic E-state index is -0.339. The van der Waals surface area contributed by atoms with Gasteiger partial charge in [0.05, 0.1) is 11.4 Å². The molecule has 0 unspecified atom stereocenters. The van der Waals surface area contributed by atoms with Crippen molar-refractivity contribution in [2.45, 2.75) is 51.9 Å². The third kappa shape index (κ3) is 3.70. The maximum absolute atomic E-state index is 13.4. The molecule has 33 heavy (non-hydrogen) atoms. The van der Waals surface area contributed by atoms with Gasteiger partial charge in [-0.1, -0.05) is 19.8 Å². The van der Waals surface area contributed by atoms with Crippen molar-refractivity contribution in [1.29, 1.82) is 0 Å². The van der Waals surface area contributed by atoms with Crippen LogP contribution in [0.2, 0.25) is 0 Å². The Morgan fingerprint density at radius 1 is 1.15 bits per heavy atom. The highest BCUT2D eigenvalue weighted by molar-refractivity contribution is 5.95. The van der Waals surface area contributed by atoms with Gasteiger partial charge in [0.15, 0.2) is 11.4 Å². The van der Waals surface area contributed by atoms with E-state index in [1.807, 2.05) is 11.8 Å². The van der Waals surface area contributed by atoms with E-state index in [2.05, 4.69) is 20.1 Å². The number of rotatable bonds is 4. The first-order valence-electron chi connectivity index (χ1n) is 11.5. The second kappa shape index (κ2) is 8.45. The van der Waals surface area contributed by atoms with E-state index < -0.39 is 0 Å². The maximum atomic E-state index is 13.4. The molecule has 11 heteroatoms. The number of nitrogens with one attached hydrogen (secondary N) is 1. The Balaban J connectivity index is 1.39. The topological polar surface area (TPSA) is 133 Å². The van der Waals surface area contributed by atoms with Crippen LogP contribution in [0.15, 0.2) is 11.1 Å². The zero-order valence-corrected chi connectivity index (χ0v) is 18.9. The number of carbonyl (C=O) groups is 1. The van der Waals surface area contributed by atoms with Gasteiger partial charge in [0.2, 0.25) is 0 Å². The van der Waals surface area contributed by atoms with E-state index in [0.717, 1.165) is 18.7 Å². The largest absolute Gasteiger partial charge is 0.504 e. The van der Waals surface area contributed by atoms with Gasteiger partial charge in [-0.15, -0.1) is 0 Å². The van der Waals surface area contributed by atoms with Crippen LogP contribution >= 0.6 is 0 Å². The van der Waals surface area contributed by atoms with Crippen molar-refractivity contribution in [2.24, 2.45) is 0 Å². The molecule has 3 aromatic heterocycles. The van der Waals surface area contributed by atoms with Gasteiger partial charge in [-0.05, 0) is 26.2 Å². The number of aromatic hydroxyl groups is 1. The van der Waals surface area contributed by atoms with Crippen molar-refractivity contribution in [1.82, 2.24) is 34.4 Å². The van der Waals surface area contributed by atoms with Crippen LogP contribution in [0.3, 0.4) is 0 Å². The number of fused-ring (bicyclic) bond motifs is 1. The Morgan fingerprint density at radius 2 is 1.88 bits per heavy atom. The number of piperazine rings is 1. The maximum Gasteiger partial charge on any atom is 0.297 e. The van der Waals surface area contributed by atoms with Gasteiger partial charge < -0.3 is 14.9 Å². The third-order valence-corrected chi connectivity index (χ3v) is 6.73. The van der Waals surface area contributed by atoms with Crippen molar-refractivity contribution < 1.29 is 9.90 Å². The predicted octanol–water partition coefficient (Wildman–Crippen LogP) is 1.40. The van der Waals surface area contributed by atoms with E-state index >= 15 is 0 Å². The Labute approximate surface area is 190 Å². The number of nitrogens with zero attached hydrogens (tertiary/aromatic N) is 7. The molecule has 11 nitrogen and oxygen atoms in total. The first-order chi connectivity index (χ1) is 16.0. The highest BCUT2D eigenvalue weighted by Crippen LogP contribution is 2.32. The molecule has 1 saturated heterocycles. The summed E-state index contributed by atoms with van der Waals surface area (Å²) in [5.74, 6) is 1.09. The van der Waals surface area contributed by atoms with Crippen LogP contribution in [0.5, 0.6) is 5.75 Å². The first-order valence-corrected chi connectivity index (χ1v) is 11.5. The normalized spacial score (nSPS) is 17.3. The number of aromatic amines is 1. The summed E-state index contributed by atoms with van der Waals surface area (Å²) in [5, 5.41) is 13.4. The Morgan fingerprint density at radius 3 is 2.58 bits per heavy atom. The molecule has 0 spiro atoms. The smallest absolute Gasteiger partial charge is 0.297 e. The molecule has 2 aliphatic rings. The van der Waals surface area contributed by atoms with Crippen LogP contribution in [-0.4, -0.2) is 71.6 Å². The van der Waals surface area contributed by atoms with E-state index in [-0.39, 0.29) is 22.9 Å². The van der Waals surface area contributed by atoms with Crippen LogP contribution in [0.25, 0.3) is 5.78 Å². The molecule has 2 fully saturated rings. The third-order valence-electron chi connectivity index (χ3n) is 6.73. The average molecular weight is 453 g/mol. The molecule has 1 aliphatic heterocycles. The van der Waals surface area contributed by atoms with Gasteiger partial charge in [-0.25, -0.2) is 15.0 Å². The monoisotopic (exact) mass is 452 g/mol. The van der Waals surface area contributed by atoms with Crippen LogP contribution in [0, 0.1) is 6.92 Å². The van der Waals surface area contributed by atoms with Crippen LogP contribution in [0.1, 0.15) is 66.2 Å². The highest BCUT2D eigenvalue weighted by Gasteiger charge is 2.29. The predicted molar refractivity (Wildman–Crippen MR) is 121 cm³/mol. The Hall–Kier alpha value is -3.50. The van der Waals surface area contributed by atoms with Crippen molar-refractivity contribution >= 4 is 17.4 Å². The Kier molecular flexibility index (Phi) is 5.47. The lowest BCUT2D eigenvalue weighted by atomic mass is 10.1. The number of hydrogen-bond acceptors (Lipinski definition) is 8. The van der Waals surface area contributed by atoms with Crippen LogP contribution < -0.4 is 10.5 Å². The summed E-state index contributed by atoms with van der Waals surface area (Å²) < 4.78 is 1.46. The number of H-pyrrole nitrogens is 1. The summed E-state index contributed by atoms with van der Waals surface area (Å²) in [5.41, 5.74) is 1.49. The highest BCUT2D eigenvalue weighted by atomic mass is 16.3. The molecule has 3 aromatic rings. The second-order valence-corrected chi connectivity index (χ2v) is 8.73. The summed E-state index contributed by atoms with van der Waals surface area (Å²) >= 11 is 0. The summed E-state index contributed by atoms with van der Waals surface area (Å²) in [6.45, 7) is 5.38. The fourth-order valence-electron chi connectivity index (χ4n) is 4.82. The molecule has 0 aromatic carbocycles. The number of aromatic nitrogens is 6. The number of amides is 1. The standard InChI is InChI=1S/C22H28N8O3/c1-3-15-17(21(33)30-22(25-15)26-19(27-30)14-6-4-5-7-14)28-8-10-29(11-9-28)20(32)16-18(31)13(2)23-12-24-16/h12,14,31H,3-11H2,1-2H3,(H,25,26,27). The molecule has 0 atom stereocenters. The molecule has 1 saturated carbocycles. The van der Waals surface area contributed by atoms with Crippen LogP contribution in [-0.2, 0) is 6.42 Å². The molecular weight excluding hydrogens is 424 g/mol. The van der Waals surface area contributed by atoms with Crippen molar-refractivity contribution in [3.63, 3.8) is 0 Å². The molecule has 4 heterocycles. The van der Waals surface area contributed by atoms with E-state index in [1.54, 1.807) is 11.8 Å². The molecule has 5 rings (SSSR count). The van der Waals surface area contributed by atoms with Crippen molar-refractivity contribution in [3.8, 4) is 5.75 Å². The van der Waals surface area contributed by atoms with Crippen LogP contribution in [0.4, 0.5) is 5.69 Å². The number of anilines is 1. The lowest BCUT2D eigenvalue weighted by Crippen LogP contribution is -2.50. The van der Waals surface area contributed by atoms with Crippen molar-refractivity contribution in [2.75, 3.05) is 31.1 Å². The molecular formula is C22H28N8O3. The summed E-state index contributed by atoms with van der Waals surface area (Å²) in [4.78, 5) is 47.1. The van der Waals surface area contributed by atoms with Gasteiger partial charge in [-0.2, -0.15) is 9.50 Å². The number of aryl methyl sites for hydroxylation is 2. The zero-order valence-electron chi connectivity index (χ0n) is 18.9. The molecule has 1 aliphatic carbocycles. The molecule has 1 amide bonds. The SMILES string of the molecule is CCc1nc2nc(C3CCCC3)[nH]n2c(=O)c1N1CCN(C(=O)c2ncnc(C)c2O)CC1. The van der Waals surface area contributed by atoms with Gasteiger partial charge in [0.1, 0.15) is 17.8 Å². The van der Waals surface area contributed by atoms with E-state index in [1.165, 1.54) is 23.7 Å². The van der Waals surface area contributed by atoms with Gasteiger partial charge >= 0.3 is 0 Å². The summed E-state index contributed by atoms with van der Waals surface area (Å²) in [7, 11) is 0. The number of carbonyl (C=O) groups excluding carboxylic acids is 1. The summed E-state index contributed by atoms with van der Waals surface area (Å²) in [6.07, 6.45) is 6.42. The van der Waals surface area contributed by atoms with Gasteiger partial charge in [-0.3, -0.25) is 14.7 Å². The van der Waals surface area contributed by atoms with E-state index in [9.17, 15) is 14.7 Å². The van der Waals surface area contributed by atoms with Gasteiger partial charge in [0.25, 0.3) is 17.2 Å². The summed E-state index contributed by atoms with van der Waals surface area (Å²) in [6, 6.07) is 0.